The Morgan fingerprint density at radius 3 is 2.75 bits per heavy atom. The molecule has 102 valence electrons. The molecule has 1 saturated heterocycles. The number of carbonyl (C=O) groups excluding carboxylic acids is 2. The highest BCUT2D eigenvalue weighted by Gasteiger charge is 2.29. The molecule has 4 nitrogen and oxygen atoms in total. The van der Waals surface area contributed by atoms with E-state index in [-0.39, 0.29) is 17.9 Å². The molecule has 0 aromatic heterocycles. The molecule has 0 aliphatic carbocycles. The van der Waals surface area contributed by atoms with Gasteiger partial charge in [-0.15, -0.1) is 0 Å². The van der Waals surface area contributed by atoms with Gasteiger partial charge in [0.2, 0.25) is 5.91 Å². The Morgan fingerprint density at radius 1 is 1.15 bits per heavy atom. The van der Waals surface area contributed by atoms with Crippen LogP contribution in [0, 0.1) is 5.92 Å². The molecule has 1 N–H and O–H groups in total. The molecule has 0 spiro atoms. The Hall–Kier alpha value is -2.36. The number of nitrogens with one attached hydrogen (secondary N) is 1. The largest absolute Gasteiger partial charge is 0.324 e. The Balaban J connectivity index is 1.90. The lowest BCUT2D eigenvalue weighted by Crippen LogP contribution is -2.53. The molecule has 1 heterocycles. The van der Waals surface area contributed by atoms with Gasteiger partial charge in [0.1, 0.15) is 0 Å². The molecule has 0 radical (unpaired) electrons. The highest BCUT2D eigenvalue weighted by atomic mass is 16.2. The summed E-state index contributed by atoms with van der Waals surface area (Å²) >= 11 is 0. The summed E-state index contributed by atoms with van der Waals surface area (Å²) in [6.45, 7) is 2.82. The van der Waals surface area contributed by atoms with Crippen LogP contribution in [0.4, 0.5) is 4.79 Å². The number of hydrogen-bond donors (Lipinski definition) is 1. The maximum Gasteiger partial charge on any atom is 0.324 e. The van der Waals surface area contributed by atoms with Gasteiger partial charge < -0.3 is 4.90 Å². The standard InChI is InChI=1S/C16H16N2O2/c1-11-9-18(16(20)17-15(11)19)10-13-7-4-6-12-5-2-3-8-14(12)13/h2-8,11H,9-10H2,1H3,(H,17,19,20). The first-order valence-corrected chi connectivity index (χ1v) is 6.71. The van der Waals surface area contributed by atoms with Crippen molar-refractivity contribution in [1.82, 2.24) is 10.2 Å². The number of amides is 3. The van der Waals surface area contributed by atoms with Gasteiger partial charge in [0, 0.05) is 13.1 Å². The second-order valence-corrected chi connectivity index (χ2v) is 5.21. The molecule has 0 saturated carbocycles. The summed E-state index contributed by atoms with van der Waals surface area (Å²) in [5.74, 6) is -0.355. The van der Waals surface area contributed by atoms with E-state index < -0.39 is 0 Å². The van der Waals surface area contributed by atoms with Crippen molar-refractivity contribution >= 4 is 22.7 Å². The Kier molecular flexibility index (Phi) is 3.14. The summed E-state index contributed by atoms with van der Waals surface area (Å²) in [7, 11) is 0. The first kappa shape index (κ1) is 12.7. The van der Waals surface area contributed by atoms with E-state index in [1.165, 1.54) is 0 Å². The fourth-order valence-electron chi connectivity index (χ4n) is 2.58. The Morgan fingerprint density at radius 2 is 1.90 bits per heavy atom. The minimum atomic E-state index is -0.305. The van der Waals surface area contributed by atoms with E-state index in [9.17, 15) is 9.59 Å². The lowest BCUT2D eigenvalue weighted by Gasteiger charge is -2.30. The molecule has 2 aromatic rings. The van der Waals surface area contributed by atoms with E-state index in [0.717, 1.165) is 16.3 Å². The molecular formula is C16H16N2O2. The fraction of sp³-hybridized carbons (Fsp3) is 0.250. The third-order valence-corrected chi connectivity index (χ3v) is 3.70. The van der Waals surface area contributed by atoms with Gasteiger partial charge in [-0.05, 0) is 16.3 Å². The predicted molar refractivity (Wildman–Crippen MR) is 77.1 cm³/mol. The fourth-order valence-corrected chi connectivity index (χ4v) is 2.58. The zero-order valence-corrected chi connectivity index (χ0v) is 11.3. The van der Waals surface area contributed by atoms with Gasteiger partial charge in [-0.3, -0.25) is 10.1 Å². The van der Waals surface area contributed by atoms with E-state index in [4.69, 9.17) is 0 Å². The van der Waals surface area contributed by atoms with Crippen LogP contribution < -0.4 is 5.32 Å². The zero-order valence-electron chi connectivity index (χ0n) is 11.3. The topological polar surface area (TPSA) is 49.4 Å². The number of benzene rings is 2. The number of carbonyl (C=O) groups is 2. The maximum absolute atomic E-state index is 11.9. The van der Waals surface area contributed by atoms with Gasteiger partial charge in [-0.1, -0.05) is 49.4 Å². The quantitative estimate of drug-likeness (QED) is 0.910. The molecule has 3 rings (SSSR count). The van der Waals surface area contributed by atoms with E-state index in [2.05, 4.69) is 23.5 Å². The van der Waals surface area contributed by atoms with Crippen LogP contribution in [0.3, 0.4) is 0 Å². The van der Waals surface area contributed by atoms with Gasteiger partial charge >= 0.3 is 6.03 Å². The monoisotopic (exact) mass is 268 g/mol. The van der Waals surface area contributed by atoms with Crippen molar-refractivity contribution in [2.45, 2.75) is 13.5 Å². The van der Waals surface area contributed by atoms with Gasteiger partial charge in [0.05, 0.1) is 5.92 Å². The smallest absolute Gasteiger partial charge is 0.319 e. The number of urea groups is 1. The van der Waals surface area contributed by atoms with E-state index in [1.54, 1.807) is 4.90 Å². The van der Waals surface area contributed by atoms with Crippen LogP contribution in [-0.4, -0.2) is 23.4 Å². The van der Waals surface area contributed by atoms with Crippen LogP contribution in [0.25, 0.3) is 10.8 Å². The molecule has 3 amide bonds. The Labute approximate surface area is 117 Å². The minimum absolute atomic E-state index is 0.164. The van der Waals surface area contributed by atoms with Crippen molar-refractivity contribution in [1.29, 1.82) is 0 Å². The molecule has 1 aliphatic heterocycles. The van der Waals surface area contributed by atoms with E-state index in [1.807, 2.05) is 31.2 Å². The second-order valence-electron chi connectivity index (χ2n) is 5.21. The normalized spacial score (nSPS) is 19.2. The average molecular weight is 268 g/mol. The van der Waals surface area contributed by atoms with Crippen molar-refractivity contribution in [3.05, 3.63) is 48.0 Å². The summed E-state index contributed by atoms with van der Waals surface area (Å²) < 4.78 is 0. The summed E-state index contributed by atoms with van der Waals surface area (Å²) in [5.41, 5.74) is 1.10. The SMILES string of the molecule is CC1CN(Cc2cccc3ccccc23)C(=O)NC1=O. The van der Waals surface area contributed by atoms with Crippen LogP contribution in [0.5, 0.6) is 0 Å². The van der Waals surface area contributed by atoms with Crippen LogP contribution >= 0.6 is 0 Å². The number of rotatable bonds is 2. The van der Waals surface area contributed by atoms with Gasteiger partial charge in [-0.25, -0.2) is 4.79 Å². The molecule has 4 heteroatoms. The molecule has 0 bridgehead atoms. The van der Waals surface area contributed by atoms with Crippen LogP contribution in [0.15, 0.2) is 42.5 Å². The molecule has 20 heavy (non-hydrogen) atoms. The van der Waals surface area contributed by atoms with Crippen molar-refractivity contribution in [2.75, 3.05) is 6.54 Å². The first-order chi connectivity index (χ1) is 9.65. The van der Waals surface area contributed by atoms with Crippen molar-refractivity contribution in [3.8, 4) is 0 Å². The molecule has 1 fully saturated rings. The predicted octanol–water partition coefficient (Wildman–Crippen LogP) is 2.53. The van der Waals surface area contributed by atoms with E-state index in [0.29, 0.717) is 13.1 Å². The molecule has 2 aromatic carbocycles. The number of nitrogens with zero attached hydrogens (tertiary/aromatic N) is 1. The van der Waals surface area contributed by atoms with Crippen LogP contribution in [0.2, 0.25) is 0 Å². The average Bonchev–Trinajstić information content (AvgIpc) is 2.45. The van der Waals surface area contributed by atoms with Gasteiger partial charge in [-0.2, -0.15) is 0 Å². The number of imide groups is 1. The summed E-state index contributed by atoms with van der Waals surface area (Å²) in [5, 5.41) is 4.70. The van der Waals surface area contributed by atoms with Crippen molar-refractivity contribution in [3.63, 3.8) is 0 Å². The summed E-state index contributed by atoms with van der Waals surface area (Å²) in [6.07, 6.45) is 0. The van der Waals surface area contributed by atoms with Crippen LogP contribution in [-0.2, 0) is 11.3 Å². The molecule has 1 aliphatic rings. The zero-order chi connectivity index (χ0) is 14.1. The van der Waals surface area contributed by atoms with Crippen molar-refractivity contribution < 1.29 is 9.59 Å². The lowest BCUT2D eigenvalue weighted by atomic mass is 10.0. The summed E-state index contributed by atoms with van der Waals surface area (Å²) in [6, 6.07) is 13.9. The number of hydrogen-bond acceptors (Lipinski definition) is 2. The van der Waals surface area contributed by atoms with Gasteiger partial charge in [0.15, 0.2) is 0 Å². The first-order valence-electron chi connectivity index (χ1n) is 6.71. The minimum Gasteiger partial charge on any atom is -0.319 e. The third kappa shape index (κ3) is 2.25. The Bertz CT molecular complexity index is 676. The van der Waals surface area contributed by atoms with Crippen molar-refractivity contribution in [2.24, 2.45) is 5.92 Å². The maximum atomic E-state index is 11.9. The summed E-state index contributed by atoms with van der Waals surface area (Å²) in [4.78, 5) is 25.0. The highest BCUT2D eigenvalue weighted by Crippen LogP contribution is 2.21. The second kappa shape index (κ2) is 4.96. The number of fused-ring (bicyclic) bond motifs is 1. The lowest BCUT2D eigenvalue weighted by molar-refractivity contribution is -0.125. The van der Waals surface area contributed by atoms with E-state index >= 15 is 0 Å². The molecule has 1 unspecified atom stereocenters. The van der Waals surface area contributed by atoms with Gasteiger partial charge in [0.25, 0.3) is 0 Å². The molecular weight excluding hydrogens is 252 g/mol. The van der Waals surface area contributed by atoms with Crippen LogP contribution in [0.1, 0.15) is 12.5 Å². The third-order valence-electron chi connectivity index (χ3n) is 3.70. The highest BCUT2D eigenvalue weighted by molar-refractivity contribution is 5.98. The molecule has 1 atom stereocenters.